The highest BCUT2D eigenvalue weighted by atomic mass is 35.5. The van der Waals surface area contributed by atoms with Crippen LogP contribution in [0.15, 0.2) is 59.0 Å². The molecule has 0 aliphatic carbocycles. The minimum Gasteiger partial charge on any atom is -0.420 e. The van der Waals surface area contributed by atoms with E-state index in [1.54, 1.807) is 29.2 Å². The molecule has 0 amide bonds. The Kier molecular flexibility index (Phi) is 5.52. The number of hydrogen-bond donors (Lipinski definition) is 0. The predicted molar refractivity (Wildman–Crippen MR) is 106 cm³/mol. The van der Waals surface area contributed by atoms with Crippen LogP contribution in [0.2, 0.25) is 5.02 Å². The van der Waals surface area contributed by atoms with Crippen molar-refractivity contribution >= 4 is 35.6 Å². The first-order valence-corrected chi connectivity index (χ1v) is 10.2. The zero-order chi connectivity index (χ0) is 18.7. The molecule has 0 saturated carbocycles. The number of halogens is 1. The van der Waals surface area contributed by atoms with Crippen molar-refractivity contribution in [3.8, 4) is 11.5 Å². The van der Waals surface area contributed by atoms with Crippen molar-refractivity contribution in [3.05, 3.63) is 59.6 Å². The Balaban J connectivity index is 2.18. The van der Waals surface area contributed by atoms with Gasteiger partial charge in [0.05, 0.1) is 6.61 Å². The lowest BCUT2D eigenvalue weighted by Crippen LogP contribution is -2.24. The minimum atomic E-state index is -3.40. The van der Waals surface area contributed by atoms with E-state index in [4.69, 9.17) is 20.5 Å². The molecule has 1 heterocycles. The van der Waals surface area contributed by atoms with Crippen LogP contribution in [0.4, 0.5) is 5.88 Å². The van der Waals surface area contributed by atoms with Crippen LogP contribution in [-0.2, 0) is 9.09 Å². The van der Waals surface area contributed by atoms with Gasteiger partial charge in [0.2, 0.25) is 11.8 Å². The Hall–Kier alpha value is -2.07. The number of hydrogen-bond acceptors (Lipinski definition) is 5. The molecular formula is C19H20ClN2O3P. The molecule has 0 aliphatic rings. The quantitative estimate of drug-likeness (QED) is 0.586. The smallest absolute Gasteiger partial charge is 0.284 e. The van der Waals surface area contributed by atoms with Gasteiger partial charge in [0, 0.05) is 30.0 Å². The Morgan fingerprint density at radius 3 is 2.35 bits per heavy atom. The normalized spacial score (nSPS) is 13.4. The largest absolute Gasteiger partial charge is 0.420 e. The third-order valence-corrected chi connectivity index (χ3v) is 6.48. The van der Waals surface area contributed by atoms with E-state index in [0.717, 1.165) is 5.56 Å². The van der Waals surface area contributed by atoms with E-state index in [-0.39, 0.29) is 0 Å². The molecule has 1 unspecified atom stereocenters. The van der Waals surface area contributed by atoms with Gasteiger partial charge >= 0.3 is 0 Å². The van der Waals surface area contributed by atoms with Crippen LogP contribution in [0.1, 0.15) is 6.92 Å². The van der Waals surface area contributed by atoms with Crippen molar-refractivity contribution in [2.75, 3.05) is 25.6 Å². The summed E-state index contributed by atoms with van der Waals surface area (Å²) >= 11 is 5.96. The fourth-order valence-electron chi connectivity index (χ4n) is 2.57. The van der Waals surface area contributed by atoms with E-state index in [1.807, 2.05) is 51.4 Å². The molecule has 1 atom stereocenters. The molecule has 0 bridgehead atoms. The lowest BCUT2D eigenvalue weighted by Gasteiger charge is -2.18. The second kappa shape index (κ2) is 7.67. The zero-order valence-corrected chi connectivity index (χ0v) is 16.5. The monoisotopic (exact) mass is 390 g/mol. The molecular weight excluding hydrogens is 371 g/mol. The number of nitrogens with zero attached hydrogens (tertiary/aromatic N) is 2. The number of aromatic nitrogens is 1. The number of anilines is 1. The van der Waals surface area contributed by atoms with E-state index in [0.29, 0.717) is 34.1 Å². The molecule has 26 heavy (non-hydrogen) atoms. The summed E-state index contributed by atoms with van der Waals surface area (Å²) in [5.74, 6) is 0.784. The summed E-state index contributed by atoms with van der Waals surface area (Å²) in [4.78, 5) is 6.31. The Morgan fingerprint density at radius 2 is 1.77 bits per heavy atom. The first kappa shape index (κ1) is 18.7. The van der Waals surface area contributed by atoms with Gasteiger partial charge in [-0.2, -0.15) is 0 Å². The van der Waals surface area contributed by atoms with Crippen LogP contribution in [-0.4, -0.2) is 25.7 Å². The average Bonchev–Trinajstić information content (AvgIpc) is 3.09. The summed E-state index contributed by atoms with van der Waals surface area (Å²) in [5.41, 5.74) is 1.06. The van der Waals surface area contributed by atoms with Crippen LogP contribution < -0.4 is 15.6 Å². The van der Waals surface area contributed by atoms with Gasteiger partial charge in [-0.1, -0.05) is 29.8 Å². The fraction of sp³-hybridized carbons (Fsp3) is 0.211. The van der Waals surface area contributed by atoms with Gasteiger partial charge in [0.1, 0.15) is 0 Å². The first-order chi connectivity index (χ1) is 12.5. The summed E-state index contributed by atoms with van der Waals surface area (Å²) in [6.07, 6.45) is 0. The predicted octanol–water partition coefficient (Wildman–Crippen LogP) is 4.33. The van der Waals surface area contributed by atoms with Crippen molar-refractivity contribution in [1.82, 2.24) is 4.98 Å². The lowest BCUT2D eigenvalue weighted by molar-refractivity contribution is 0.347. The zero-order valence-electron chi connectivity index (χ0n) is 14.8. The molecule has 0 spiro atoms. The summed E-state index contributed by atoms with van der Waals surface area (Å²) < 4.78 is 25.5. The second-order valence-electron chi connectivity index (χ2n) is 5.85. The van der Waals surface area contributed by atoms with Crippen LogP contribution >= 0.6 is 19.0 Å². The fourth-order valence-corrected chi connectivity index (χ4v) is 4.86. The van der Waals surface area contributed by atoms with Crippen molar-refractivity contribution in [2.45, 2.75) is 6.92 Å². The molecule has 136 valence electrons. The summed E-state index contributed by atoms with van der Waals surface area (Å²) in [5, 5.41) is 1.21. The van der Waals surface area contributed by atoms with Crippen molar-refractivity contribution in [3.63, 3.8) is 0 Å². The lowest BCUT2D eigenvalue weighted by atomic mass is 10.2. The van der Waals surface area contributed by atoms with Crippen LogP contribution in [0.25, 0.3) is 11.5 Å². The molecule has 3 rings (SSSR count). The van der Waals surface area contributed by atoms with Crippen LogP contribution in [0, 0.1) is 0 Å². The van der Waals surface area contributed by atoms with Gasteiger partial charge < -0.3 is 13.8 Å². The van der Waals surface area contributed by atoms with E-state index in [1.165, 1.54) is 0 Å². The van der Waals surface area contributed by atoms with Crippen LogP contribution in [0.5, 0.6) is 0 Å². The first-order valence-electron chi connectivity index (χ1n) is 8.20. The van der Waals surface area contributed by atoms with Crippen molar-refractivity contribution in [2.24, 2.45) is 0 Å². The molecule has 7 heteroatoms. The molecule has 2 aromatic carbocycles. The molecule has 0 saturated heterocycles. The maximum absolute atomic E-state index is 13.8. The van der Waals surface area contributed by atoms with E-state index in [9.17, 15) is 4.57 Å². The Bertz CT molecular complexity index is 924. The van der Waals surface area contributed by atoms with E-state index < -0.39 is 7.37 Å². The maximum atomic E-state index is 13.8. The van der Waals surface area contributed by atoms with Gasteiger partial charge in [-0.15, -0.1) is 0 Å². The number of rotatable bonds is 6. The molecule has 0 radical (unpaired) electrons. The van der Waals surface area contributed by atoms with Crippen molar-refractivity contribution < 1.29 is 13.5 Å². The van der Waals surface area contributed by atoms with E-state index in [2.05, 4.69) is 4.98 Å². The van der Waals surface area contributed by atoms with E-state index >= 15 is 0 Å². The number of benzene rings is 2. The summed E-state index contributed by atoms with van der Waals surface area (Å²) in [6, 6.07) is 16.2. The summed E-state index contributed by atoms with van der Waals surface area (Å²) in [6.45, 7) is 2.10. The molecule has 0 fully saturated rings. The van der Waals surface area contributed by atoms with Gasteiger partial charge in [-0.05, 0) is 43.3 Å². The van der Waals surface area contributed by atoms with Crippen molar-refractivity contribution in [1.29, 1.82) is 0 Å². The molecule has 0 N–H and O–H groups in total. The third kappa shape index (κ3) is 3.56. The standard InChI is InChI=1S/C19H20ClN2O3P/c1-4-24-26(23,16-8-6-5-7-9-16)18-19(22(2)3)25-17(21-18)14-10-12-15(20)13-11-14/h5-13H,4H2,1-3H3. The molecule has 0 aliphatic heterocycles. The highest BCUT2D eigenvalue weighted by Crippen LogP contribution is 2.47. The summed E-state index contributed by atoms with van der Waals surface area (Å²) in [7, 11) is 0.235. The number of oxazole rings is 1. The Morgan fingerprint density at radius 1 is 1.12 bits per heavy atom. The Labute approximate surface area is 158 Å². The van der Waals surface area contributed by atoms with Crippen LogP contribution in [0.3, 0.4) is 0 Å². The highest BCUT2D eigenvalue weighted by molar-refractivity contribution is 7.74. The second-order valence-corrected chi connectivity index (χ2v) is 8.59. The van der Waals surface area contributed by atoms with Gasteiger partial charge in [-0.3, -0.25) is 4.57 Å². The minimum absolute atomic E-state index is 0.294. The topological polar surface area (TPSA) is 55.6 Å². The SMILES string of the molecule is CCOP(=O)(c1ccccc1)c1nc(-c2ccc(Cl)cc2)oc1N(C)C. The van der Waals surface area contributed by atoms with Gasteiger partial charge in [0.25, 0.3) is 7.37 Å². The highest BCUT2D eigenvalue weighted by Gasteiger charge is 2.36. The average molecular weight is 391 g/mol. The molecule has 5 nitrogen and oxygen atoms in total. The third-order valence-electron chi connectivity index (χ3n) is 3.78. The van der Waals surface area contributed by atoms with Gasteiger partial charge in [-0.25, -0.2) is 4.98 Å². The molecule has 3 aromatic rings. The maximum Gasteiger partial charge on any atom is 0.284 e. The van der Waals surface area contributed by atoms with Gasteiger partial charge in [0.15, 0.2) is 5.44 Å². The molecule has 1 aromatic heterocycles.